The van der Waals surface area contributed by atoms with Crippen molar-refractivity contribution in [3.8, 4) is 6.07 Å². The van der Waals surface area contributed by atoms with Crippen LogP contribution in [0.3, 0.4) is 0 Å². The molecule has 27 heavy (non-hydrogen) atoms. The predicted octanol–water partition coefficient (Wildman–Crippen LogP) is 3.74. The number of thioether (sulfide) groups is 1. The molecule has 0 N–H and O–H groups in total. The first-order valence-corrected chi connectivity index (χ1v) is 9.96. The first kappa shape index (κ1) is 17.8. The molecule has 1 saturated heterocycles. The second-order valence-electron chi connectivity index (χ2n) is 6.56. The van der Waals surface area contributed by atoms with Crippen molar-refractivity contribution in [1.29, 1.82) is 5.26 Å². The highest BCUT2D eigenvalue weighted by molar-refractivity contribution is 7.98. The topological polar surface area (TPSA) is 67.9 Å². The van der Waals surface area contributed by atoms with Gasteiger partial charge in [-0.3, -0.25) is 9.36 Å². The van der Waals surface area contributed by atoms with Crippen molar-refractivity contribution in [3.63, 3.8) is 0 Å². The van der Waals surface area contributed by atoms with Gasteiger partial charge >= 0.3 is 0 Å². The SMILES string of the molecule is N#Cc1ccc(CSc2nc3ccccc3c(=O)n2C[C@H]2CCCO2)cc1. The number of ether oxygens (including phenoxy) is 1. The third-order valence-electron chi connectivity index (χ3n) is 4.69. The zero-order valence-corrected chi connectivity index (χ0v) is 15.6. The van der Waals surface area contributed by atoms with Crippen LogP contribution in [-0.4, -0.2) is 22.3 Å². The Balaban J connectivity index is 1.66. The van der Waals surface area contributed by atoms with Crippen LogP contribution in [0.4, 0.5) is 0 Å². The maximum Gasteiger partial charge on any atom is 0.262 e. The summed E-state index contributed by atoms with van der Waals surface area (Å²) in [5, 5.41) is 10.3. The van der Waals surface area contributed by atoms with Crippen molar-refractivity contribution in [1.82, 2.24) is 9.55 Å². The normalized spacial score (nSPS) is 16.5. The molecule has 2 heterocycles. The van der Waals surface area contributed by atoms with Crippen molar-refractivity contribution in [2.24, 2.45) is 0 Å². The van der Waals surface area contributed by atoms with Gasteiger partial charge in [0.05, 0.1) is 35.2 Å². The summed E-state index contributed by atoms with van der Waals surface area (Å²) < 4.78 is 7.50. The Morgan fingerprint density at radius 2 is 2.04 bits per heavy atom. The van der Waals surface area contributed by atoms with E-state index >= 15 is 0 Å². The Morgan fingerprint density at radius 3 is 2.78 bits per heavy atom. The first-order valence-electron chi connectivity index (χ1n) is 8.97. The zero-order valence-electron chi connectivity index (χ0n) is 14.8. The monoisotopic (exact) mass is 377 g/mol. The molecule has 1 aliphatic heterocycles. The average molecular weight is 377 g/mol. The van der Waals surface area contributed by atoms with Crippen LogP contribution in [0.5, 0.6) is 0 Å². The molecular formula is C21H19N3O2S. The van der Waals surface area contributed by atoms with Gasteiger partial charge in [0.25, 0.3) is 5.56 Å². The molecule has 0 radical (unpaired) electrons. The van der Waals surface area contributed by atoms with E-state index in [4.69, 9.17) is 15.0 Å². The summed E-state index contributed by atoms with van der Waals surface area (Å²) >= 11 is 1.54. The van der Waals surface area contributed by atoms with Gasteiger partial charge in [-0.1, -0.05) is 36.0 Å². The minimum Gasteiger partial charge on any atom is -0.376 e. The molecule has 0 aliphatic carbocycles. The van der Waals surface area contributed by atoms with Crippen molar-refractivity contribution >= 4 is 22.7 Å². The van der Waals surface area contributed by atoms with Crippen LogP contribution in [0.1, 0.15) is 24.0 Å². The molecular weight excluding hydrogens is 358 g/mol. The summed E-state index contributed by atoms with van der Waals surface area (Å²) in [5.74, 6) is 0.683. The van der Waals surface area contributed by atoms with Crippen LogP contribution in [0, 0.1) is 11.3 Å². The Bertz CT molecular complexity index is 1050. The number of hydrogen-bond donors (Lipinski definition) is 0. The Kier molecular flexibility index (Phi) is 5.23. The molecule has 4 rings (SSSR count). The third kappa shape index (κ3) is 3.90. The minimum atomic E-state index is -0.0153. The predicted molar refractivity (Wildman–Crippen MR) is 106 cm³/mol. The van der Waals surface area contributed by atoms with E-state index in [1.54, 1.807) is 4.57 Å². The molecule has 0 bridgehead atoms. The lowest BCUT2D eigenvalue weighted by Gasteiger charge is -2.16. The van der Waals surface area contributed by atoms with Gasteiger partial charge in [0, 0.05) is 12.4 Å². The maximum atomic E-state index is 13.0. The second kappa shape index (κ2) is 7.95. The molecule has 1 atom stereocenters. The van der Waals surface area contributed by atoms with Crippen LogP contribution in [-0.2, 0) is 17.0 Å². The number of nitrogens with zero attached hydrogens (tertiary/aromatic N) is 3. The molecule has 3 aromatic rings. The smallest absolute Gasteiger partial charge is 0.262 e. The Hall–Kier alpha value is -2.62. The maximum absolute atomic E-state index is 13.0. The van der Waals surface area contributed by atoms with E-state index in [2.05, 4.69) is 6.07 Å². The zero-order chi connectivity index (χ0) is 18.6. The van der Waals surface area contributed by atoms with E-state index in [1.165, 1.54) is 11.8 Å². The third-order valence-corrected chi connectivity index (χ3v) is 5.74. The number of benzene rings is 2. The number of nitriles is 1. The molecule has 0 unspecified atom stereocenters. The molecule has 1 aliphatic rings. The quantitative estimate of drug-likeness (QED) is 0.500. The molecule has 0 amide bonds. The van der Waals surface area contributed by atoms with Crippen LogP contribution < -0.4 is 5.56 Å². The van der Waals surface area contributed by atoms with E-state index in [0.29, 0.717) is 33.9 Å². The molecule has 0 spiro atoms. The van der Waals surface area contributed by atoms with Crippen LogP contribution >= 0.6 is 11.8 Å². The van der Waals surface area contributed by atoms with Crippen LogP contribution in [0.2, 0.25) is 0 Å². The highest BCUT2D eigenvalue weighted by Gasteiger charge is 2.20. The molecule has 1 aromatic heterocycles. The fourth-order valence-electron chi connectivity index (χ4n) is 3.23. The van der Waals surface area contributed by atoms with Gasteiger partial charge in [0.1, 0.15) is 0 Å². The molecule has 136 valence electrons. The van der Waals surface area contributed by atoms with E-state index in [0.717, 1.165) is 25.0 Å². The Labute approximate surface area is 161 Å². The van der Waals surface area contributed by atoms with Gasteiger partial charge in [0.15, 0.2) is 5.16 Å². The number of fused-ring (bicyclic) bond motifs is 1. The van der Waals surface area contributed by atoms with E-state index < -0.39 is 0 Å². The van der Waals surface area contributed by atoms with Gasteiger partial charge < -0.3 is 4.74 Å². The molecule has 2 aromatic carbocycles. The first-order chi connectivity index (χ1) is 13.2. The summed E-state index contributed by atoms with van der Waals surface area (Å²) in [5.41, 5.74) is 2.43. The molecule has 0 saturated carbocycles. The average Bonchev–Trinajstić information content (AvgIpc) is 3.22. The largest absolute Gasteiger partial charge is 0.376 e. The number of hydrogen-bond acceptors (Lipinski definition) is 5. The number of rotatable bonds is 5. The van der Waals surface area contributed by atoms with Crippen molar-refractivity contribution < 1.29 is 4.74 Å². The van der Waals surface area contributed by atoms with Crippen LogP contribution in [0.15, 0.2) is 58.5 Å². The summed E-state index contributed by atoms with van der Waals surface area (Å²) in [6.45, 7) is 1.29. The lowest BCUT2D eigenvalue weighted by atomic mass is 10.2. The van der Waals surface area contributed by atoms with E-state index in [-0.39, 0.29) is 11.7 Å². The summed E-state index contributed by atoms with van der Waals surface area (Å²) in [6, 6.07) is 17.1. The van der Waals surface area contributed by atoms with E-state index in [1.807, 2.05) is 48.5 Å². The Morgan fingerprint density at radius 1 is 1.22 bits per heavy atom. The van der Waals surface area contributed by atoms with E-state index in [9.17, 15) is 4.79 Å². The molecule has 6 heteroatoms. The highest BCUT2D eigenvalue weighted by atomic mass is 32.2. The molecule has 5 nitrogen and oxygen atoms in total. The van der Waals surface area contributed by atoms with Crippen molar-refractivity contribution in [3.05, 3.63) is 70.0 Å². The van der Waals surface area contributed by atoms with Gasteiger partial charge in [-0.15, -0.1) is 0 Å². The van der Waals surface area contributed by atoms with Gasteiger partial charge in [-0.2, -0.15) is 5.26 Å². The fourth-order valence-corrected chi connectivity index (χ4v) is 4.20. The fraction of sp³-hybridized carbons (Fsp3) is 0.286. The highest BCUT2D eigenvalue weighted by Crippen LogP contribution is 2.24. The summed E-state index contributed by atoms with van der Waals surface area (Å²) in [4.78, 5) is 17.8. The van der Waals surface area contributed by atoms with Crippen molar-refractivity contribution in [2.45, 2.75) is 36.4 Å². The standard InChI is InChI=1S/C21H19N3O2S/c22-12-15-7-9-16(10-8-15)14-27-21-23-19-6-2-1-5-18(19)20(25)24(21)13-17-4-3-11-26-17/h1-2,5-10,17H,3-4,11,13-14H2/t17-/m1/s1. The van der Waals surface area contributed by atoms with Gasteiger partial charge in [0.2, 0.25) is 0 Å². The lowest BCUT2D eigenvalue weighted by molar-refractivity contribution is 0.0937. The number of aromatic nitrogens is 2. The van der Waals surface area contributed by atoms with Crippen molar-refractivity contribution in [2.75, 3.05) is 6.61 Å². The van der Waals surface area contributed by atoms with Crippen LogP contribution in [0.25, 0.3) is 10.9 Å². The summed E-state index contributed by atoms with van der Waals surface area (Å²) in [6.07, 6.45) is 2.08. The summed E-state index contributed by atoms with van der Waals surface area (Å²) in [7, 11) is 0. The second-order valence-corrected chi connectivity index (χ2v) is 7.50. The van der Waals surface area contributed by atoms with Gasteiger partial charge in [-0.05, 0) is 42.7 Å². The van der Waals surface area contributed by atoms with Gasteiger partial charge in [-0.25, -0.2) is 4.98 Å². The molecule has 1 fully saturated rings. The number of para-hydroxylation sites is 1. The minimum absolute atomic E-state index is 0.0153. The lowest BCUT2D eigenvalue weighted by Crippen LogP contribution is -2.28.